The molecule has 15 heavy (non-hydrogen) atoms. The van der Waals surface area contributed by atoms with Crippen molar-refractivity contribution in [3.05, 3.63) is 35.9 Å². The molecular formula is C11H11NOS2. The second-order valence-electron chi connectivity index (χ2n) is 3.40. The zero-order valence-corrected chi connectivity index (χ0v) is 9.98. The molecule has 1 unspecified atom stereocenters. The van der Waals surface area contributed by atoms with Gasteiger partial charge in [-0.3, -0.25) is 9.69 Å². The fourth-order valence-electron chi connectivity index (χ4n) is 1.62. The van der Waals surface area contributed by atoms with Gasteiger partial charge in [0.2, 0.25) is 5.91 Å². The number of amides is 1. The maximum atomic E-state index is 11.6. The quantitative estimate of drug-likeness (QED) is 0.737. The molecular weight excluding hydrogens is 226 g/mol. The van der Waals surface area contributed by atoms with E-state index < -0.39 is 0 Å². The number of thioether (sulfide) groups is 1. The van der Waals surface area contributed by atoms with Crippen LogP contribution in [0.2, 0.25) is 0 Å². The summed E-state index contributed by atoms with van der Waals surface area (Å²) in [6.45, 7) is 2.01. The van der Waals surface area contributed by atoms with E-state index in [0.717, 1.165) is 5.56 Å². The molecule has 0 N–H and O–H groups in total. The van der Waals surface area contributed by atoms with E-state index in [-0.39, 0.29) is 11.9 Å². The fraction of sp³-hybridized carbons (Fsp3) is 0.273. The van der Waals surface area contributed by atoms with Crippen molar-refractivity contribution in [2.24, 2.45) is 0 Å². The summed E-state index contributed by atoms with van der Waals surface area (Å²) in [7, 11) is 0. The van der Waals surface area contributed by atoms with Crippen molar-refractivity contribution < 1.29 is 4.79 Å². The van der Waals surface area contributed by atoms with Gasteiger partial charge >= 0.3 is 0 Å². The SMILES string of the molecule is CC(c1ccccc1)N1C(=O)CSC1=S. The Balaban J connectivity index is 2.24. The number of thiocarbonyl (C=S) groups is 1. The van der Waals surface area contributed by atoms with Crippen molar-refractivity contribution in [1.29, 1.82) is 0 Å². The zero-order valence-electron chi connectivity index (χ0n) is 8.34. The van der Waals surface area contributed by atoms with Crippen LogP contribution in [0, 0.1) is 0 Å². The first-order valence-corrected chi connectivity index (χ1v) is 6.13. The Morgan fingerprint density at radius 3 is 2.60 bits per heavy atom. The molecule has 0 aliphatic carbocycles. The Morgan fingerprint density at radius 1 is 1.40 bits per heavy atom. The van der Waals surface area contributed by atoms with E-state index in [9.17, 15) is 4.79 Å². The van der Waals surface area contributed by atoms with Crippen molar-refractivity contribution >= 4 is 34.2 Å². The molecule has 1 aliphatic rings. The van der Waals surface area contributed by atoms with Crippen LogP contribution in [-0.2, 0) is 4.79 Å². The monoisotopic (exact) mass is 237 g/mol. The molecule has 78 valence electrons. The fourth-order valence-corrected chi connectivity index (χ4v) is 2.84. The molecule has 2 rings (SSSR count). The first-order chi connectivity index (χ1) is 7.20. The maximum absolute atomic E-state index is 11.6. The normalized spacial score (nSPS) is 18.3. The van der Waals surface area contributed by atoms with Gasteiger partial charge < -0.3 is 0 Å². The highest BCUT2D eigenvalue weighted by Crippen LogP contribution is 2.29. The lowest BCUT2D eigenvalue weighted by atomic mass is 10.1. The molecule has 1 aliphatic heterocycles. The third kappa shape index (κ3) is 2.06. The van der Waals surface area contributed by atoms with Crippen molar-refractivity contribution in [1.82, 2.24) is 4.90 Å². The largest absolute Gasteiger partial charge is 0.290 e. The molecule has 0 radical (unpaired) electrons. The van der Waals surface area contributed by atoms with E-state index >= 15 is 0 Å². The molecule has 0 aromatic heterocycles. The second kappa shape index (κ2) is 4.33. The summed E-state index contributed by atoms with van der Waals surface area (Å²) < 4.78 is 0.691. The molecule has 0 spiro atoms. The van der Waals surface area contributed by atoms with Crippen LogP contribution in [0.3, 0.4) is 0 Å². The van der Waals surface area contributed by atoms with Crippen LogP contribution in [0.5, 0.6) is 0 Å². The highest BCUT2D eigenvalue weighted by Gasteiger charge is 2.31. The van der Waals surface area contributed by atoms with Crippen LogP contribution >= 0.6 is 24.0 Å². The van der Waals surface area contributed by atoms with Gasteiger partial charge in [-0.1, -0.05) is 54.3 Å². The average molecular weight is 237 g/mol. The third-order valence-electron chi connectivity index (χ3n) is 2.45. The molecule has 4 heteroatoms. The van der Waals surface area contributed by atoms with Crippen LogP contribution in [0.4, 0.5) is 0 Å². The van der Waals surface area contributed by atoms with Crippen LogP contribution in [0.1, 0.15) is 18.5 Å². The molecule has 0 bridgehead atoms. The lowest BCUT2D eigenvalue weighted by Crippen LogP contribution is -2.31. The first kappa shape index (κ1) is 10.6. The van der Waals surface area contributed by atoms with E-state index in [1.54, 1.807) is 4.90 Å². The second-order valence-corrected chi connectivity index (χ2v) is 5.01. The Kier molecular flexibility index (Phi) is 3.07. The molecule has 1 fully saturated rings. The Bertz CT molecular complexity index is 375. The van der Waals surface area contributed by atoms with Gasteiger partial charge in [0.05, 0.1) is 11.8 Å². The van der Waals surface area contributed by atoms with E-state index in [4.69, 9.17) is 12.2 Å². The van der Waals surface area contributed by atoms with Crippen molar-refractivity contribution in [2.75, 3.05) is 5.75 Å². The minimum atomic E-state index is 0.0428. The molecule has 1 aromatic carbocycles. The number of hydrogen-bond acceptors (Lipinski definition) is 3. The zero-order chi connectivity index (χ0) is 10.8. The molecule has 1 saturated heterocycles. The van der Waals surface area contributed by atoms with Crippen LogP contribution in [-0.4, -0.2) is 20.9 Å². The topological polar surface area (TPSA) is 20.3 Å². The van der Waals surface area contributed by atoms with E-state index in [0.29, 0.717) is 10.1 Å². The van der Waals surface area contributed by atoms with E-state index in [2.05, 4.69) is 0 Å². The van der Waals surface area contributed by atoms with Gasteiger partial charge in [-0.2, -0.15) is 0 Å². The number of hydrogen-bond donors (Lipinski definition) is 0. The third-order valence-corrected chi connectivity index (χ3v) is 3.84. The molecule has 1 atom stereocenters. The standard InChI is InChI=1S/C11H11NOS2/c1-8(9-5-3-2-4-6-9)12-10(13)7-15-11(12)14/h2-6,8H,7H2,1H3. The van der Waals surface area contributed by atoms with Gasteiger partial charge in [-0.25, -0.2) is 0 Å². The van der Waals surface area contributed by atoms with Crippen LogP contribution < -0.4 is 0 Å². The molecule has 1 amide bonds. The van der Waals surface area contributed by atoms with Crippen LogP contribution in [0.15, 0.2) is 30.3 Å². The smallest absolute Gasteiger partial charge is 0.239 e. The van der Waals surface area contributed by atoms with Gasteiger partial charge in [0.1, 0.15) is 4.32 Å². The van der Waals surface area contributed by atoms with Gasteiger partial charge in [0.25, 0.3) is 0 Å². The molecule has 1 aromatic rings. The lowest BCUT2D eigenvalue weighted by molar-refractivity contribution is -0.125. The van der Waals surface area contributed by atoms with Gasteiger partial charge in [0, 0.05) is 0 Å². The summed E-state index contributed by atoms with van der Waals surface area (Å²) in [4.78, 5) is 13.3. The predicted molar refractivity (Wildman–Crippen MR) is 66.8 cm³/mol. The Hall–Kier alpha value is -0.870. The van der Waals surface area contributed by atoms with E-state index in [1.165, 1.54) is 11.8 Å². The van der Waals surface area contributed by atoms with Gasteiger partial charge in [-0.15, -0.1) is 0 Å². The minimum Gasteiger partial charge on any atom is -0.290 e. The Labute approximate surface area is 98.7 Å². The maximum Gasteiger partial charge on any atom is 0.239 e. The minimum absolute atomic E-state index is 0.0428. The first-order valence-electron chi connectivity index (χ1n) is 4.74. The average Bonchev–Trinajstić information content (AvgIpc) is 2.59. The molecule has 1 heterocycles. The van der Waals surface area contributed by atoms with Gasteiger partial charge in [-0.05, 0) is 12.5 Å². The predicted octanol–water partition coefficient (Wildman–Crippen LogP) is 2.61. The Morgan fingerprint density at radius 2 is 2.07 bits per heavy atom. The highest BCUT2D eigenvalue weighted by molar-refractivity contribution is 8.23. The van der Waals surface area contributed by atoms with Crippen LogP contribution in [0.25, 0.3) is 0 Å². The summed E-state index contributed by atoms with van der Waals surface area (Å²) >= 11 is 6.61. The summed E-state index contributed by atoms with van der Waals surface area (Å²) in [6.07, 6.45) is 0. The number of nitrogens with zero attached hydrogens (tertiary/aromatic N) is 1. The molecule has 2 nitrogen and oxygen atoms in total. The lowest BCUT2D eigenvalue weighted by Gasteiger charge is -2.23. The summed E-state index contributed by atoms with van der Waals surface area (Å²) in [5.41, 5.74) is 1.12. The number of carbonyl (C=O) groups excluding carboxylic acids is 1. The van der Waals surface area contributed by atoms with Crippen molar-refractivity contribution in [2.45, 2.75) is 13.0 Å². The number of benzene rings is 1. The number of rotatable bonds is 2. The van der Waals surface area contributed by atoms with E-state index in [1.807, 2.05) is 37.3 Å². The highest BCUT2D eigenvalue weighted by atomic mass is 32.2. The summed E-state index contributed by atoms with van der Waals surface area (Å²) in [6, 6.07) is 9.99. The summed E-state index contributed by atoms with van der Waals surface area (Å²) in [5, 5.41) is 0. The van der Waals surface area contributed by atoms with Gasteiger partial charge in [0.15, 0.2) is 0 Å². The van der Waals surface area contributed by atoms with Crippen molar-refractivity contribution in [3.63, 3.8) is 0 Å². The summed E-state index contributed by atoms with van der Waals surface area (Å²) in [5.74, 6) is 0.595. The number of carbonyl (C=O) groups is 1. The van der Waals surface area contributed by atoms with Crippen molar-refractivity contribution in [3.8, 4) is 0 Å². The molecule has 0 saturated carbocycles.